The fourth-order valence-electron chi connectivity index (χ4n) is 3.63. The molecule has 0 bridgehead atoms. The van der Waals surface area contributed by atoms with E-state index in [4.69, 9.17) is 26.4 Å². The summed E-state index contributed by atoms with van der Waals surface area (Å²) in [4.78, 5) is 44.4. The van der Waals surface area contributed by atoms with Gasteiger partial charge in [0.25, 0.3) is 0 Å². The van der Waals surface area contributed by atoms with Crippen LogP contribution in [0.2, 0.25) is 0 Å². The molecule has 3 heterocycles. The van der Waals surface area contributed by atoms with Crippen molar-refractivity contribution in [3.63, 3.8) is 0 Å². The van der Waals surface area contributed by atoms with Crippen LogP contribution in [0.5, 0.6) is 0 Å². The number of terminal acetylenes is 1. The predicted octanol–water partition coefficient (Wildman–Crippen LogP) is 0.369. The maximum absolute atomic E-state index is 13.1. The number of nitrogens with two attached hydrogens (primary N) is 1. The number of esters is 2. The van der Waals surface area contributed by atoms with Gasteiger partial charge in [-0.05, 0) is 6.42 Å². The molecule has 1 fully saturated rings. The summed E-state index contributed by atoms with van der Waals surface area (Å²) in [6, 6.07) is 0. The standard InChI is InChI=1S/C19H23N5O6/c1-5-7-23-12-9-21-18(20)22-16(12)24(19(23)27)17-15(29-11(4)26)8-14(30-17)13(6-2)28-10(3)25/h1,9,13-15,17H,6-8H2,2-4H3,(H2,20,21,22)/t13-,14-,15+,17+/m0/s1. The number of ether oxygens (including phenoxy) is 3. The van der Waals surface area contributed by atoms with Crippen LogP contribution < -0.4 is 11.4 Å². The van der Waals surface area contributed by atoms with Crippen molar-refractivity contribution in [3.05, 3.63) is 16.7 Å². The second-order valence-corrected chi connectivity index (χ2v) is 6.88. The van der Waals surface area contributed by atoms with Crippen molar-refractivity contribution in [3.8, 4) is 12.3 Å². The van der Waals surface area contributed by atoms with Crippen LogP contribution in [0, 0.1) is 12.3 Å². The topological polar surface area (TPSA) is 141 Å². The Kier molecular flexibility index (Phi) is 6.07. The van der Waals surface area contributed by atoms with Gasteiger partial charge in [-0.25, -0.2) is 14.3 Å². The van der Waals surface area contributed by atoms with Crippen LogP contribution >= 0.6 is 0 Å². The average Bonchev–Trinajstić information content (AvgIpc) is 3.18. The molecule has 0 unspecified atom stereocenters. The van der Waals surface area contributed by atoms with Crippen LogP contribution in [0.15, 0.2) is 11.0 Å². The lowest BCUT2D eigenvalue weighted by atomic mass is 10.1. The number of carbonyl (C=O) groups is 2. The van der Waals surface area contributed by atoms with E-state index >= 15 is 0 Å². The van der Waals surface area contributed by atoms with E-state index in [1.807, 2.05) is 6.92 Å². The minimum atomic E-state index is -1.01. The molecule has 0 aromatic carbocycles. The SMILES string of the molecule is C#CCn1c(=O)n([C@@H]2O[C@H]([C@H](CC)OC(C)=O)C[C@H]2OC(C)=O)c2nc(N)ncc21. The smallest absolute Gasteiger partial charge is 0.333 e. The number of hydrogen-bond acceptors (Lipinski definition) is 9. The number of imidazole rings is 1. The number of carbonyl (C=O) groups excluding carboxylic acids is 2. The van der Waals surface area contributed by atoms with Crippen LogP contribution in [-0.4, -0.2) is 49.4 Å². The normalized spacial score (nSPS) is 21.9. The van der Waals surface area contributed by atoms with Gasteiger partial charge in [0, 0.05) is 20.3 Å². The summed E-state index contributed by atoms with van der Waals surface area (Å²) in [5.74, 6) is 1.38. The van der Waals surface area contributed by atoms with Crippen molar-refractivity contribution >= 4 is 29.1 Å². The minimum Gasteiger partial charge on any atom is -0.460 e. The molecule has 160 valence electrons. The summed E-state index contributed by atoms with van der Waals surface area (Å²) in [6.07, 6.45) is 4.52. The molecule has 0 amide bonds. The summed E-state index contributed by atoms with van der Waals surface area (Å²) < 4.78 is 19.4. The highest BCUT2D eigenvalue weighted by atomic mass is 16.6. The number of hydrogen-bond donors (Lipinski definition) is 1. The number of nitrogens with zero attached hydrogens (tertiary/aromatic N) is 4. The summed E-state index contributed by atoms with van der Waals surface area (Å²) in [5, 5.41) is 0. The molecule has 2 N–H and O–H groups in total. The Morgan fingerprint density at radius 3 is 2.77 bits per heavy atom. The minimum absolute atomic E-state index is 0.0188. The zero-order valence-electron chi connectivity index (χ0n) is 16.9. The Morgan fingerprint density at radius 2 is 2.17 bits per heavy atom. The Balaban J connectivity index is 2.10. The predicted molar refractivity (Wildman–Crippen MR) is 105 cm³/mol. The summed E-state index contributed by atoms with van der Waals surface area (Å²) >= 11 is 0. The van der Waals surface area contributed by atoms with Gasteiger partial charge >= 0.3 is 17.6 Å². The molecule has 0 spiro atoms. The lowest BCUT2D eigenvalue weighted by Crippen LogP contribution is -2.34. The fourth-order valence-corrected chi connectivity index (χ4v) is 3.63. The Labute approximate surface area is 172 Å². The van der Waals surface area contributed by atoms with E-state index in [-0.39, 0.29) is 24.6 Å². The third-order valence-electron chi connectivity index (χ3n) is 4.78. The molecule has 1 saturated heterocycles. The molecular formula is C19H23N5O6. The first-order chi connectivity index (χ1) is 14.3. The number of fused-ring (bicyclic) bond motifs is 1. The van der Waals surface area contributed by atoms with Gasteiger partial charge < -0.3 is 19.9 Å². The van der Waals surface area contributed by atoms with E-state index in [9.17, 15) is 14.4 Å². The van der Waals surface area contributed by atoms with Crippen molar-refractivity contribution in [2.45, 2.75) is 64.7 Å². The first kappa shape index (κ1) is 21.3. The highest BCUT2D eigenvalue weighted by molar-refractivity contribution is 5.72. The molecule has 3 rings (SSSR count). The molecule has 11 heteroatoms. The molecule has 2 aromatic heterocycles. The third-order valence-corrected chi connectivity index (χ3v) is 4.78. The van der Waals surface area contributed by atoms with Crippen LogP contribution in [0.4, 0.5) is 5.95 Å². The van der Waals surface area contributed by atoms with Crippen LogP contribution in [-0.2, 0) is 30.3 Å². The van der Waals surface area contributed by atoms with Crippen LogP contribution in [0.1, 0.15) is 39.8 Å². The van der Waals surface area contributed by atoms with Crippen LogP contribution in [0.3, 0.4) is 0 Å². The van der Waals surface area contributed by atoms with E-state index in [0.29, 0.717) is 11.9 Å². The van der Waals surface area contributed by atoms with Gasteiger partial charge in [0.2, 0.25) is 5.95 Å². The molecule has 11 nitrogen and oxygen atoms in total. The Morgan fingerprint density at radius 1 is 1.43 bits per heavy atom. The maximum atomic E-state index is 13.1. The van der Waals surface area contributed by atoms with Crippen molar-refractivity contribution < 1.29 is 23.8 Å². The van der Waals surface area contributed by atoms with E-state index < -0.39 is 42.2 Å². The lowest BCUT2D eigenvalue weighted by Gasteiger charge is -2.22. The molecule has 2 aromatic rings. The van der Waals surface area contributed by atoms with E-state index in [0.717, 1.165) is 0 Å². The van der Waals surface area contributed by atoms with Gasteiger partial charge in [-0.3, -0.25) is 14.2 Å². The average molecular weight is 417 g/mol. The van der Waals surface area contributed by atoms with Crippen molar-refractivity contribution in [2.24, 2.45) is 0 Å². The summed E-state index contributed by atoms with van der Waals surface area (Å²) in [7, 11) is 0. The quantitative estimate of drug-likeness (QED) is 0.521. The van der Waals surface area contributed by atoms with Crippen LogP contribution in [0.25, 0.3) is 11.2 Å². The monoisotopic (exact) mass is 417 g/mol. The number of rotatable bonds is 6. The van der Waals surface area contributed by atoms with Gasteiger partial charge in [0.1, 0.15) is 23.8 Å². The first-order valence-corrected chi connectivity index (χ1v) is 9.43. The van der Waals surface area contributed by atoms with E-state index in [1.165, 1.54) is 29.2 Å². The lowest BCUT2D eigenvalue weighted by molar-refractivity contribution is -0.158. The number of anilines is 1. The molecule has 1 aliphatic heterocycles. The highest BCUT2D eigenvalue weighted by Crippen LogP contribution is 2.35. The molecular weight excluding hydrogens is 394 g/mol. The van der Waals surface area contributed by atoms with Gasteiger partial charge in [0.05, 0.1) is 12.7 Å². The summed E-state index contributed by atoms with van der Waals surface area (Å²) in [5.41, 5.74) is 5.78. The molecule has 0 saturated carbocycles. The fraction of sp³-hybridized carbons (Fsp3) is 0.526. The van der Waals surface area contributed by atoms with E-state index in [2.05, 4.69) is 15.9 Å². The van der Waals surface area contributed by atoms with Crippen molar-refractivity contribution in [1.29, 1.82) is 0 Å². The molecule has 0 radical (unpaired) electrons. The summed E-state index contributed by atoms with van der Waals surface area (Å²) in [6.45, 7) is 4.38. The van der Waals surface area contributed by atoms with Gasteiger partial charge in [-0.2, -0.15) is 4.98 Å². The zero-order valence-corrected chi connectivity index (χ0v) is 16.9. The second-order valence-electron chi connectivity index (χ2n) is 6.88. The molecule has 0 aliphatic carbocycles. The first-order valence-electron chi connectivity index (χ1n) is 9.43. The van der Waals surface area contributed by atoms with Gasteiger partial charge in [0.15, 0.2) is 11.9 Å². The highest BCUT2D eigenvalue weighted by Gasteiger charge is 2.44. The zero-order chi connectivity index (χ0) is 22.0. The van der Waals surface area contributed by atoms with Crippen molar-refractivity contribution in [1.82, 2.24) is 19.1 Å². The number of nitrogen functional groups attached to an aromatic ring is 1. The van der Waals surface area contributed by atoms with Gasteiger partial charge in [-0.15, -0.1) is 6.42 Å². The number of aromatic nitrogens is 4. The third kappa shape index (κ3) is 3.99. The Hall–Kier alpha value is -3.39. The van der Waals surface area contributed by atoms with E-state index in [1.54, 1.807) is 0 Å². The molecule has 30 heavy (non-hydrogen) atoms. The molecule has 1 aliphatic rings. The van der Waals surface area contributed by atoms with Gasteiger partial charge in [-0.1, -0.05) is 12.8 Å². The molecule has 4 atom stereocenters. The second kappa shape index (κ2) is 8.54. The Bertz CT molecular complexity index is 1070. The maximum Gasteiger partial charge on any atom is 0.333 e. The largest absolute Gasteiger partial charge is 0.460 e. The van der Waals surface area contributed by atoms with Crippen molar-refractivity contribution in [2.75, 3.05) is 5.73 Å².